The second kappa shape index (κ2) is 11.5. The Bertz CT molecular complexity index is 247. The smallest absolute Gasteiger partial charge is 0.280 e. The minimum Gasteiger partial charge on any atom is -0.325 e. The van der Waals surface area contributed by atoms with Crippen LogP contribution in [0.5, 0.6) is 0 Å². The van der Waals surface area contributed by atoms with Crippen LogP contribution in [0.15, 0.2) is 0 Å². The Labute approximate surface area is 242 Å². The molecule has 0 rings (SSSR count). The van der Waals surface area contributed by atoms with Gasteiger partial charge in [-0.3, -0.25) is 0 Å². The van der Waals surface area contributed by atoms with Crippen molar-refractivity contribution >= 4 is 203 Å². The van der Waals surface area contributed by atoms with Crippen molar-refractivity contribution in [1.82, 2.24) is 0 Å². The molecule has 0 aliphatic rings. The number of rotatable bonds is 9. The van der Waals surface area contributed by atoms with Crippen molar-refractivity contribution < 1.29 is 14.2 Å². The second-order valence-corrected chi connectivity index (χ2v) is 38.7. The topological polar surface area (TPSA) is 27.7 Å². The average Bonchev–Trinajstić information content (AvgIpc) is 2.18. The van der Waals surface area contributed by atoms with Crippen LogP contribution in [0.25, 0.3) is 0 Å². The van der Waals surface area contributed by atoms with Crippen molar-refractivity contribution in [3.63, 3.8) is 0 Å². The van der Waals surface area contributed by atoms with E-state index in [4.69, 9.17) is 14.2 Å². The van der Waals surface area contributed by atoms with Crippen LogP contribution in [-0.2, 0) is 14.2 Å². The highest BCUT2D eigenvalue weighted by molar-refractivity contribution is 14.3. The molecule has 0 amide bonds. The Morgan fingerprint density at radius 2 is 0.750 bits per heavy atom. The molecule has 12 heteroatoms. The Hall–Kier alpha value is 6.45. The summed E-state index contributed by atoms with van der Waals surface area (Å²) in [5.74, 6) is -1.02. The van der Waals surface area contributed by atoms with E-state index in [1.54, 1.807) is 0 Å². The van der Waals surface area contributed by atoms with Crippen LogP contribution >= 0.6 is 203 Å². The number of hydrogen-bond acceptors (Lipinski definition) is 3. The van der Waals surface area contributed by atoms with Crippen molar-refractivity contribution in [1.29, 1.82) is 0 Å². The summed E-state index contributed by atoms with van der Waals surface area (Å²) in [4.78, 5) is 0. The lowest BCUT2D eigenvalue weighted by molar-refractivity contribution is -0.365. The van der Waals surface area contributed by atoms with Gasteiger partial charge >= 0.3 is 0 Å². The van der Waals surface area contributed by atoms with Gasteiger partial charge in [-0.15, -0.1) is 0 Å². The minimum absolute atomic E-state index is 0.0205. The first kappa shape index (κ1) is 26.5. The van der Waals surface area contributed by atoms with Crippen molar-refractivity contribution in [2.45, 2.75) is 11.2 Å². The molecule has 0 fully saturated rings. The number of alkyl halides is 9. The third kappa shape index (κ3) is 17.8. The van der Waals surface area contributed by atoms with Gasteiger partial charge in [0.25, 0.3) is 5.97 Å². The third-order valence-corrected chi connectivity index (χ3v) is 4.30. The van der Waals surface area contributed by atoms with E-state index in [0.29, 0.717) is 19.8 Å². The van der Waals surface area contributed by atoms with Crippen LogP contribution in [0.4, 0.5) is 0 Å². The molecule has 122 valence electrons. The molecule has 0 spiro atoms. The highest BCUT2D eigenvalue weighted by atomic mass is 127. The lowest BCUT2D eigenvalue weighted by atomic mass is 10.6. The van der Waals surface area contributed by atoms with E-state index >= 15 is 0 Å². The van der Waals surface area contributed by atoms with Crippen molar-refractivity contribution in [2.24, 2.45) is 0 Å². The maximum absolute atomic E-state index is 5.90. The second-order valence-electron chi connectivity index (χ2n) is 3.57. The molecule has 0 saturated heterocycles. The van der Waals surface area contributed by atoms with Crippen LogP contribution < -0.4 is 0 Å². The summed E-state index contributed by atoms with van der Waals surface area (Å²) in [6.07, 6.45) is 0. The fraction of sp³-hybridized carbons (Fsp3) is 1.00. The number of halogens is 9. The lowest BCUT2D eigenvalue weighted by Crippen LogP contribution is -2.41. The Morgan fingerprint density at radius 3 is 0.900 bits per heavy atom. The molecule has 0 saturated carbocycles. The fourth-order valence-corrected chi connectivity index (χ4v) is 2.17. The normalized spacial score (nSPS) is 14.7. The lowest BCUT2D eigenvalue weighted by Gasteiger charge is -2.33. The summed E-state index contributed by atoms with van der Waals surface area (Å²) in [6, 6.07) is 0. The van der Waals surface area contributed by atoms with E-state index in [0.717, 1.165) is 0 Å². The molecule has 0 heterocycles. The van der Waals surface area contributed by atoms with Gasteiger partial charge in [0.05, 0.1) is 19.8 Å². The highest BCUT2D eigenvalue weighted by Gasteiger charge is 2.36. The van der Waals surface area contributed by atoms with Gasteiger partial charge in [-0.1, -0.05) is 203 Å². The summed E-state index contributed by atoms with van der Waals surface area (Å²) < 4.78 is 17.6. The molecule has 0 aromatic heterocycles. The molecule has 20 heavy (non-hydrogen) atoms. The van der Waals surface area contributed by atoms with Crippen LogP contribution in [0.3, 0.4) is 0 Å². The maximum Gasteiger partial charge on any atom is 0.280 e. The summed E-state index contributed by atoms with van der Waals surface area (Å²) in [5, 5.41) is 0. The molecule has 0 aromatic carbocycles. The van der Waals surface area contributed by atoms with Gasteiger partial charge < -0.3 is 14.2 Å². The molecule has 0 N–H and O–H groups in total. The predicted molar refractivity (Wildman–Crippen MR) is 161 cm³/mol. The zero-order chi connectivity index (χ0) is 16.2. The fourth-order valence-electron chi connectivity index (χ4n) is 0.764. The van der Waals surface area contributed by atoms with Gasteiger partial charge in [0.1, 0.15) is -1.69 Å². The van der Waals surface area contributed by atoms with Crippen LogP contribution in [0.1, 0.15) is 6.92 Å². The standard InChI is InChI=1S/C8H9I9O3/c1-5(18-2-6(9,10)11,19-3-7(12,13)14)20-4-8(15,16)17/h2-4H2,1H3. The van der Waals surface area contributed by atoms with E-state index in [1.165, 1.54) is 0 Å². The van der Waals surface area contributed by atoms with Gasteiger partial charge in [-0.05, 0) is 0 Å². The van der Waals surface area contributed by atoms with E-state index < -0.39 is 5.97 Å². The summed E-state index contributed by atoms with van der Waals surface area (Å²) in [7, 11) is 0. The average molecular weight is 1300 g/mol. The highest BCUT2D eigenvalue weighted by Crippen LogP contribution is 2.41. The monoisotopic (exact) mass is 1300 g/mol. The zero-order valence-electron chi connectivity index (χ0n) is 9.75. The van der Waals surface area contributed by atoms with Gasteiger partial charge in [0.15, 0.2) is 0 Å². The molecule has 0 bridgehead atoms. The summed E-state index contributed by atoms with van der Waals surface area (Å²) in [6.45, 7) is 3.46. The molecule has 0 atom stereocenters. The first-order valence-corrected chi connectivity index (χ1v) is 14.4. The maximum atomic E-state index is 5.90. The molecular weight excluding hydrogens is 1290 g/mol. The Morgan fingerprint density at radius 1 is 0.550 bits per heavy atom. The van der Waals surface area contributed by atoms with Gasteiger partial charge in [0, 0.05) is 6.92 Å². The summed E-state index contributed by atoms with van der Waals surface area (Å²) in [5.41, 5.74) is 0. The van der Waals surface area contributed by atoms with Crippen molar-refractivity contribution in [3.05, 3.63) is 0 Å². The molecule has 3 nitrogen and oxygen atoms in total. The largest absolute Gasteiger partial charge is 0.325 e. The van der Waals surface area contributed by atoms with Gasteiger partial charge in [-0.25, -0.2) is 0 Å². The van der Waals surface area contributed by atoms with E-state index in [1.807, 2.05) is 6.92 Å². The van der Waals surface area contributed by atoms with Crippen LogP contribution in [0, 0.1) is 0 Å². The summed E-state index contributed by atoms with van der Waals surface area (Å²) >= 11 is 21.0. The van der Waals surface area contributed by atoms with Crippen molar-refractivity contribution in [3.8, 4) is 0 Å². The molecule has 0 unspecified atom stereocenters. The zero-order valence-corrected chi connectivity index (χ0v) is 29.2. The Balaban J connectivity index is 4.66. The van der Waals surface area contributed by atoms with Crippen molar-refractivity contribution in [2.75, 3.05) is 19.8 Å². The molecule has 0 aromatic rings. The molecular formula is C8H9I9O3. The molecule has 0 aliphatic heterocycles. The first-order chi connectivity index (χ1) is 8.62. The van der Waals surface area contributed by atoms with Crippen LogP contribution in [0.2, 0.25) is 0 Å². The first-order valence-electron chi connectivity index (χ1n) is 4.74. The molecule has 0 radical (unpaired) electrons. The van der Waals surface area contributed by atoms with Crippen LogP contribution in [-0.4, -0.2) is 24.1 Å². The SMILES string of the molecule is CC(OCC(I)(I)I)(OCC(I)(I)I)OCC(I)(I)I. The number of hydrogen-bond donors (Lipinski definition) is 0. The van der Waals surface area contributed by atoms with E-state index in [-0.39, 0.29) is -1.69 Å². The quantitative estimate of drug-likeness (QED) is 0.136. The minimum atomic E-state index is -1.02. The number of ether oxygens (including phenoxy) is 3. The third-order valence-electron chi connectivity index (χ3n) is 1.49. The van der Waals surface area contributed by atoms with Gasteiger partial charge in [0.2, 0.25) is 0 Å². The van der Waals surface area contributed by atoms with E-state index in [9.17, 15) is 0 Å². The van der Waals surface area contributed by atoms with E-state index in [2.05, 4.69) is 203 Å². The van der Waals surface area contributed by atoms with Gasteiger partial charge in [-0.2, -0.15) is 0 Å². The predicted octanol–water partition coefficient (Wildman–Crippen LogP) is 7.59. The molecule has 0 aliphatic carbocycles. The Kier molecular flexibility index (Phi) is 15.1.